The van der Waals surface area contributed by atoms with Gasteiger partial charge in [0.2, 0.25) is 11.8 Å². The highest BCUT2D eigenvalue weighted by Crippen LogP contribution is 2.30. The Kier molecular flexibility index (Phi) is 5.17. The fourth-order valence-electron chi connectivity index (χ4n) is 2.48. The van der Waals surface area contributed by atoms with E-state index in [-0.39, 0.29) is 17.1 Å². The molecule has 0 N–H and O–H groups in total. The largest absolute Gasteiger partial charge is 0.333 e. The summed E-state index contributed by atoms with van der Waals surface area (Å²) >= 11 is 7.64. The van der Waals surface area contributed by atoms with Crippen molar-refractivity contribution in [3.05, 3.63) is 29.3 Å². The Morgan fingerprint density at radius 3 is 2.76 bits per heavy atom. The first kappa shape index (κ1) is 16.2. The van der Waals surface area contributed by atoms with Crippen LogP contribution >= 0.6 is 23.4 Å². The minimum Gasteiger partial charge on any atom is -0.333 e. The molecule has 114 valence electrons. The molecule has 1 aromatic rings. The second kappa shape index (κ2) is 6.71. The van der Waals surface area contributed by atoms with Crippen LogP contribution < -0.4 is 4.90 Å². The third kappa shape index (κ3) is 3.19. The molecule has 1 heterocycles. The Morgan fingerprint density at radius 1 is 1.48 bits per heavy atom. The molecule has 1 aliphatic rings. The van der Waals surface area contributed by atoms with Crippen molar-refractivity contribution < 1.29 is 9.59 Å². The van der Waals surface area contributed by atoms with Gasteiger partial charge in [0, 0.05) is 13.6 Å². The van der Waals surface area contributed by atoms with E-state index in [4.69, 9.17) is 11.6 Å². The lowest BCUT2D eigenvalue weighted by molar-refractivity contribution is -0.136. The summed E-state index contributed by atoms with van der Waals surface area (Å²) in [6.07, 6.45) is 2.52. The van der Waals surface area contributed by atoms with Crippen LogP contribution in [0.5, 0.6) is 0 Å². The average Bonchev–Trinajstić information content (AvgIpc) is 2.87. The summed E-state index contributed by atoms with van der Waals surface area (Å²) in [4.78, 5) is 28.0. The molecular weight excluding hydrogens is 308 g/mol. The Balaban J connectivity index is 2.15. The number of hydrogen-bond acceptors (Lipinski definition) is 3. The summed E-state index contributed by atoms with van der Waals surface area (Å²) in [5.41, 5.74) is 0.713. The van der Waals surface area contributed by atoms with Crippen LogP contribution in [0.2, 0.25) is 5.02 Å². The van der Waals surface area contributed by atoms with E-state index < -0.39 is 6.04 Å². The third-order valence-corrected chi connectivity index (χ3v) is 5.07. The highest BCUT2D eigenvalue weighted by molar-refractivity contribution is 7.99. The molecule has 4 nitrogen and oxygen atoms in total. The van der Waals surface area contributed by atoms with Crippen LogP contribution in [0.4, 0.5) is 5.69 Å². The Labute approximate surface area is 134 Å². The fraction of sp³-hybridized carbons (Fsp3) is 0.467. The van der Waals surface area contributed by atoms with Crippen molar-refractivity contribution in [1.29, 1.82) is 0 Å². The van der Waals surface area contributed by atoms with E-state index in [0.717, 1.165) is 0 Å². The van der Waals surface area contributed by atoms with E-state index >= 15 is 0 Å². The van der Waals surface area contributed by atoms with E-state index in [1.54, 1.807) is 22.9 Å². The number of thioether (sulfide) groups is 1. The van der Waals surface area contributed by atoms with Crippen molar-refractivity contribution in [3.63, 3.8) is 0 Å². The molecule has 1 saturated heterocycles. The molecule has 0 unspecified atom stereocenters. The number of para-hydroxylation sites is 1. The number of amides is 2. The zero-order valence-corrected chi connectivity index (χ0v) is 13.9. The molecule has 2 rings (SSSR count). The van der Waals surface area contributed by atoms with Gasteiger partial charge in [-0.05, 0) is 31.7 Å². The van der Waals surface area contributed by atoms with Crippen molar-refractivity contribution in [2.75, 3.05) is 24.7 Å². The second-order valence-corrected chi connectivity index (χ2v) is 6.66. The van der Waals surface area contributed by atoms with Gasteiger partial charge < -0.3 is 9.80 Å². The molecule has 0 aromatic heterocycles. The first-order chi connectivity index (χ1) is 9.97. The van der Waals surface area contributed by atoms with Gasteiger partial charge >= 0.3 is 0 Å². The lowest BCUT2D eigenvalue weighted by atomic mass is 10.2. The molecule has 1 aliphatic heterocycles. The number of carbonyl (C=O) groups excluding carboxylic acids is 2. The van der Waals surface area contributed by atoms with Crippen LogP contribution in [0.25, 0.3) is 0 Å². The SMILES string of the molecule is CS[C@@H](C)C(=O)N(C)[C@H]1CCN(c2ccccc2Cl)C1=O. The molecular formula is C15H19ClN2O2S. The number of hydrogen-bond donors (Lipinski definition) is 0. The summed E-state index contributed by atoms with van der Waals surface area (Å²) in [5, 5.41) is 0.412. The lowest BCUT2D eigenvalue weighted by Crippen LogP contribution is -2.45. The van der Waals surface area contributed by atoms with Crippen LogP contribution in [0.15, 0.2) is 24.3 Å². The zero-order valence-electron chi connectivity index (χ0n) is 12.4. The zero-order chi connectivity index (χ0) is 15.6. The van der Waals surface area contributed by atoms with Gasteiger partial charge in [-0.3, -0.25) is 9.59 Å². The molecule has 0 bridgehead atoms. The number of likely N-dealkylation sites (N-methyl/N-ethyl adjacent to an activating group) is 1. The molecule has 0 saturated carbocycles. The summed E-state index contributed by atoms with van der Waals surface area (Å²) in [7, 11) is 1.70. The van der Waals surface area contributed by atoms with Gasteiger partial charge in [0.1, 0.15) is 6.04 Å². The van der Waals surface area contributed by atoms with E-state index in [0.29, 0.717) is 23.7 Å². The minimum atomic E-state index is -0.400. The highest BCUT2D eigenvalue weighted by Gasteiger charge is 2.38. The van der Waals surface area contributed by atoms with Crippen molar-refractivity contribution in [2.24, 2.45) is 0 Å². The smallest absolute Gasteiger partial charge is 0.249 e. The first-order valence-electron chi connectivity index (χ1n) is 6.82. The van der Waals surface area contributed by atoms with E-state index in [1.165, 1.54) is 11.8 Å². The molecule has 1 aromatic carbocycles. The Bertz CT molecular complexity index is 552. The summed E-state index contributed by atoms with van der Waals surface area (Å²) in [5.74, 6) is -0.0749. The van der Waals surface area contributed by atoms with Crippen molar-refractivity contribution in [3.8, 4) is 0 Å². The topological polar surface area (TPSA) is 40.6 Å². The van der Waals surface area contributed by atoms with Crippen molar-refractivity contribution >= 4 is 40.9 Å². The van der Waals surface area contributed by atoms with Gasteiger partial charge in [0.25, 0.3) is 0 Å². The molecule has 21 heavy (non-hydrogen) atoms. The van der Waals surface area contributed by atoms with Gasteiger partial charge in [-0.25, -0.2) is 0 Å². The van der Waals surface area contributed by atoms with Gasteiger partial charge in [-0.15, -0.1) is 0 Å². The van der Waals surface area contributed by atoms with Crippen molar-refractivity contribution in [1.82, 2.24) is 4.90 Å². The van der Waals surface area contributed by atoms with E-state index in [9.17, 15) is 9.59 Å². The summed E-state index contributed by atoms with van der Waals surface area (Å²) < 4.78 is 0. The van der Waals surface area contributed by atoms with Crippen molar-refractivity contribution in [2.45, 2.75) is 24.6 Å². The molecule has 1 fully saturated rings. The predicted molar refractivity (Wildman–Crippen MR) is 88.0 cm³/mol. The van der Waals surface area contributed by atoms with E-state index in [1.807, 2.05) is 31.4 Å². The number of benzene rings is 1. The molecule has 0 spiro atoms. The van der Waals surface area contributed by atoms with Gasteiger partial charge in [-0.2, -0.15) is 11.8 Å². The number of rotatable bonds is 4. The monoisotopic (exact) mass is 326 g/mol. The van der Waals surface area contributed by atoms with Gasteiger partial charge in [0.15, 0.2) is 0 Å². The number of halogens is 1. The summed E-state index contributed by atoms with van der Waals surface area (Å²) in [6.45, 7) is 2.44. The number of anilines is 1. The predicted octanol–water partition coefficient (Wildman–Crippen LogP) is 2.66. The standard InChI is InChI=1S/C15H19ClN2O2S/c1-10(21-3)14(19)17(2)13-8-9-18(15(13)20)12-7-5-4-6-11(12)16/h4-7,10,13H,8-9H2,1-3H3/t10-,13-/m0/s1. The average molecular weight is 327 g/mol. The summed E-state index contributed by atoms with van der Waals surface area (Å²) in [6, 6.07) is 6.88. The fourth-order valence-corrected chi connectivity index (χ4v) is 3.08. The minimum absolute atomic E-state index is 0.0122. The van der Waals surface area contributed by atoms with E-state index in [2.05, 4.69) is 0 Å². The molecule has 0 aliphatic carbocycles. The van der Waals surface area contributed by atoms with Crippen LogP contribution in [-0.2, 0) is 9.59 Å². The maximum atomic E-state index is 12.6. The molecule has 2 amide bonds. The molecule has 0 radical (unpaired) electrons. The molecule has 6 heteroatoms. The first-order valence-corrected chi connectivity index (χ1v) is 8.49. The number of nitrogens with zero attached hydrogens (tertiary/aromatic N) is 2. The van der Waals surface area contributed by atoms with Crippen LogP contribution in [0.1, 0.15) is 13.3 Å². The maximum absolute atomic E-state index is 12.6. The third-order valence-electron chi connectivity index (χ3n) is 3.84. The second-order valence-electron chi connectivity index (χ2n) is 5.07. The van der Waals surface area contributed by atoms with Gasteiger partial charge in [0.05, 0.1) is 16.0 Å². The quantitative estimate of drug-likeness (QED) is 0.854. The van der Waals surface area contributed by atoms with Crippen LogP contribution in [0.3, 0.4) is 0 Å². The Hall–Kier alpha value is -1.20. The normalized spacial score (nSPS) is 19.7. The Morgan fingerprint density at radius 2 is 2.14 bits per heavy atom. The van der Waals surface area contributed by atoms with Crippen LogP contribution in [0, 0.1) is 0 Å². The van der Waals surface area contributed by atoms with Gasteiger partial charge in [-0.1, -0.05) is 23.7 Å². The maximum Gasteiger partial charge on any atom is 0.249 e. The van der Waals surface area contributed by atoms with Crippen LogP contribution in [-0.4, -0.2) is 47.9 Å². The lowest BCUT2D eigenvalue weighted by Gasteiger charge is -2.26. The highest BCUT2D eigenvalue weighted by atomic mass is 35.5. The molecule has 2 atom stereocenters. The number of carbonyl (C=O) groups is 2.